The van der Waals surface area contributed by atoms with E-state index < -0.39 is 0 Å². The minimum absolute atomic E-state index is 0.266. The first-order valence-corrected chi connectivity index (χ1v) is 14.9. The topological polar surface area (TPSA) is 29.3 Å². The highest BCUT2D eigenvalue weighted by molar-refractivity contribution is 7.56. The van der Waals surface area contributed by atoms with Gasteiger partial charge in [0.2, 0.25) is 0 Å². The summed E-state index contributed by atoms with van der Waals surface area (Å²) < 4.78 is 0. The Labute approximate surface area is 124 Å². The largest absolute Gasteiger partial charge is 0.333 e. The number of rotatable bonds is 4. The average molecular weight is 334 g/mol. The van der Waals surface area contributed by atoms with Crippen LogP contribution >= 0.6 is 33.0 Å². The lowest BCUT2D eigenvalue weighted by Crippen LogP contribution is -2.18. The second-order valence-corrected chi connectivity index (χ2v) is 11.2. The van der Waals surface area contributed by atoms with Crippen LogP contribution in [0.5, 0.6) is 0 Å². The quantitative estimate of drug-likeness (QED) is 0.794. The molecule has 0 heterocycles. The van der Waals surface area contributed by atoms with Crippen molar-refractivity contribution in [3.63, 3.8) is 0 Å². The smallest absolute Gasteiger partial charge is 0.0179 e. The van der Waals surface area contributed by atoms with E-state index >= 15 is 0 Å². The van der Waals surface area contributed by atoms with Crippen molar-refractivity contribution >= 4 is 33.0 Å². The van der Waals surface area contributed by atoms with Crippen LogP contribution in [0.2, 0.25) is 0 Å². The van der Waals surface area contributed by atoms with Crippen LogP contribution in [0.15, 0.2) is 0 Å². The van der Waals surface area contributed by atoms with E-state index in [0.29, 0.717) is 0 Å². The van der Waals surface area contributed by atoms with Crippen molar-refractivity contribution in [2.45, 2.75) is 0 Å². The maximum absolute atomic E-state index is 4.50. The molecular formula is C12H38N2P4. The van der Waals surface area contributed by atoms with Gasteiger partial charge in [-0.15, -0.1) is 17.2 Å². The average Bonchev–Trinajstić information content (AvgIpc) is 2.20. The zero-order valence-electron chi connectivity index (χ0n) is 14.3. The fourth-order valence-corrected chi connectivity index (χ4v) is 3.30. The van der Waals surface area contributed by atoms with Crippen LogP contribution in [-0.4, -0.2) is 84.9 Å². The van der Waals surface area contributed by atoms with Crippen molar-refractivity contribution in [3.05, 3.63) is 0 Å². The summed E-state index contributed by atoms with van der Waals surface area (Å²) in [6.07, 6.45) is 2.60. The number of nitrogens with zero attached hydrogens (tertiary/aromatic N) is 1. The van der Waals surface area contributed by atoms with Crippen molar-refractivity contribution in [3.8, 4) is 0 Å². The van der Waals surface area contributed by atoms with Gasteiger partial charge in [-0.05, 0) is 67.4 Å². The van der Waals surface area contributed by atoms with Crippen LogP contribution < -0.4 is 5.73 Å². The van der Waals surface area contributed by atoms with Gasteiger partial charge in [0.05, 0.1) is 0 Å². The van der Waals surface area contributed by atoms with Crippen LogP contribution in [0.25, 0.3) is 0 Å². The summed E-state index contributed by atoms with van der Waals surface area (Å²) in [6.45, 7) is 17.9. The first kappa shape index (κ1) is 27.9. The Morgan fingerprint density at radius 1 is 0.778 bits per heavy atom. The lowest BCUT2D eigenvalue weighted by Gasteiger charge is -2.20. The SMILES string of the molecule is CN.CN(CP(C)C)CP(C)C.CPC.CPC. The molecule has 0 bridgehead atoms. The van der Waals surface area contributed by atoms with E-state index in [1.54, 1.807) is 0 Å². The Morgan fingerprint density at radius 3 is 1.06 bits per heavy atom. The van der Waals surface area contributed by atoms with Crippen molar-refractivity contribution in [2.24, 2.45) is 5.73 Å². The van der Waals surface area contributed by atoms with E-state index in [-0.39, 0.29) is 15.8 Å². The molecule has 2 nitrogen and oxygen atoms in total. The molecule has 18 heavy (non-hydrogen) atoms. The molecule has 0 saturated heterocycles. The summed E-state index contributed by atoms with van der Waals surface area (Å²) >= 11 is 0. The molecule has 6 heteroatoms. The minimum Gasteiger partial charge on any atom is -0.333 e. The summed E-state index contributed by atoms with van der Waals surface area (Å²) in [7, 11) is 6.43. The number of hydrogen-bond acceptors (Lipinski definition) is 2. The molecule has 0 aliphatic carbocycles. The van der Waals surface area contributed by atoms with Gasteiger partial charge in [-0.1, -0.05) is 15.8 Å². The Hall–Kier alpha value is 1.64. The fourth-order valence-electron chi connectivity index (χ4n) is 1.01. The van der Waals surface area contributed by atoms with E-state index in [2.05, 4.69) is 71.0 Å². The molecule has 0 atom stereocenters. The summed E-state index contributed by atoms with van der Waals surface area (Å²) in [5, 5.41) is 0. The molecule has 2 N–H and O–H groups in total. The van der Waals surface area contributed by atoms with E-state index in [9.17, 15) is 0 Å². The second-order valence-electron chi connectivity index (χ2n) is 4.30. The minimum atomic E-state index is 0.266. The Balaban J connectivity index is -0.000000102. The van der Waals surface area contributed by atoms with Gasteiger partial charge >= 0.3 is 0 Å². The zero-order valence-corrected chi connectivity index (χ0v) is 18.1. The monoisotopic (exact) mass is 334 g/mol. The van der Waals surface area contributed by atoms with E-state index in [1.807, 2.05) is 0 Å². The molecule has 0 spiro atoms. The number of nitrogens with two attached hydrogens (primary N) is 1. The molecule has 0 saturated carbocycles. The third-order valence-corrected chi connectivity index (χ3v) is 3.15. The highest BCUT2D eigenvalue weighted by Gasteiger charge is 2.01. The molecular weight excluding hydrogens is 296 g/mol. The van der Waals surface area contributed by atoms with Gasteiger partial charge in [0.25, 0.3) is 0 Å². The van der Waals surface area contributed by atoms with Gasteiger partial charge in [-0.3, -0.25) is 4.90 Å². The highest BCUT2D eigenvalue weighted by atomic mass is 31.1. The van der Waals surface area contributed by atoms with Gasteiger partial charge < -0.3 is 5.73 Å². The summed E-state index contributed by atoms with van der Waals surface area (Å²) in [6, 6.07) is 0. The third kappa shape index (κ3) is 52.6. The molecule has 0 aliphatic heterocycles. The molecule has 0 aromatic rings. The van der Waals surface area contributed by atoms with Crippen molar-refractivity contribution < 1.29 is 0 Å². The highest BCUT2D eigenvalue weighted by Crippen LogP contribution is 2.30. The van der Waals surface area contributed by atoms with E-state index in [0.717, 1.165) is 17.2 Å². The lowest BCUT2D eigenvalue weighted by molar-refractivity contribution is 0.459. The Bertz CT molecular complexity index is 102. The van der Waals surface area contributed by atoms with Gasteiger partial charge in [-0.25, -0.2) is 0 Å². The molecule has 0 aromatic heterocycles. The summed E-state index contributed by atoms with van der Waals surface area (Å²) in [4.78, 5) is 2.46. The van der Waals surface area contributed by atoms with Crippen molar-refractivity contribution in [1.29, 1.82) is 0 Å². The van der Waals surface area contributed by atoms with Crippen molar-refractivity contribution in [1.82, 2.24) is 4.90 Å². The summed E-state index contributed by atoms with van der Waals surface area (Å²) in [5.41, 5.74) is 4.50. The van der Waals surface area contributed by atoms with Crippen LogP contribution in [0, 0.1) is 0 Å². The van der Waals surface area contributed by atoms with Crippen LogP contribution in [-0.2, 0) is 0 Å². The van der Waals surface area contributed by atoms with Gasteiger partial charge in [0, 0.05) is 12.6 Å². The van der Waals surface area contributed by atoms with Gasteiger partial charge in [0.15, 0.2) is 0 Å². The first-order chi connectivity index (χ1) is 8.35. The number of hydrogen-bond donors (Lipinski definition) is 1. The summed E-state index contributed by atoms with van der Waals surface area (Å²) in [5.74, 6) is 0. The molecule has 0 unspecified atom stereocenters. The lowest BCUT2D eigenvalue weighted by atomic mass is 11.0. The second kappa shape index (κ2) is 27.1. The molecule has 0 fully saturated rings. The zero-order chi connectivity index (χ0) is 15.6. The molecule has 0 amide bonds. The molecule has 0 radical (unpaired) electrons. The Kier molecular flexibility index (Phi) is 41.9. The third-order valence-electron chi connectivity index (χ3n) is 1.05. The molecule has 116 valence electrons. The van der Waals surface area contributed by atoms with Crippen LogP contribution in [0.3, 0.4) is 0 Å². The van der Waals surface area contributed by atoms with Gasteiger partial charge in [0.1, 0.15) is 0 Å². The maximum Gasteiger partial charge on any atom is 0.0179 e. The standard InChI is InChI=1S/C7H19NP2.2C2H7P.CH5N/c1-8(6-9(2)3)7-10(4)5;2*1-3-2;1-2/h6-7H2,1-5H3;2*3H,1-2H3;2H2,1H3. The maximum atomic E-state index is 4.50. The predicted octanol–water partition coefficient (Wildman–Crippen LogP) is 3.74. The van der Waals surface area contributed by atoms with Crippen molar-refractivity contribution in [2.75, 3.05) is 80.0 Å². The molecule has 0 aliphatic rings. The molecule has 0 aromatic carbocycles. The van der Waals surface area contributed by atoms with E-state index in [4.69, 9.17) is 0 Å². The molecule has 0 rings (SSSR count). The van der Waals surface area contributed by atoms with Crippen LogP contribution in [0.4, 0.5) is 0 Å². The first-order valence-electron chi connectivity index (χ1n) is 6.08. The fraction of sp³-hybridized carbons (Fsp3) is 1.00. The van der Waals surface area contributed by atoms with Crippen LogP contribution in [0.1, 0.15) is 0 Å². The van der Waals surface area contributed by atoms with Gasteiger partial charge in [-0.2, -0.15) is 0 Å². The van der Waals surface area contributed by atoms with E-state index in [1.165, 1.54) is 19.6 Å². The normalized spacial score (nSPS) is 9.00. The Morgan fingerprint density at radius 2 is 0.944 bits per heavy atom. The predicted molar refractivity (Wildman–Crippen MR) is 105 cm³/mol.